The minimum absolute atomic E-state index is 0.256. The number of anilines is 2. The van der Waals surface area contributed by atoms with E-state index in [2.05, 4.69) is 5.32 Å². The first-order valence-electron chi connectivity index (χ1n) is 7.62. The zero-order valence-electron chi connectivity index (χ0n) is 13.4. The Morgan fingerprint density at radius 2 is 1.88 bits per heavy atom. The van der Waals surface area contributed by atoms with Gasteiger partial charge < -0.3 is 10.2 Å². The maximum absolute atomic E-state index is 13.0. The van der Waals surface area contributed by atoms with Gasteiger partial charge in [0, 0.05) is 17.1 Å². The highest BCUT2D eigenvalue weighted by atomic mass is 32.2. The molecule has 2 aromatic carbocycles. The first-order chi connectivity index (χ1) is 11.5. The third kappa shape index (κ3) is 2.78. The number of nitrogens with one attached hydrogen (secondary N) is 1. The van der Waals surface area contributed by atoms with Crippen molar-refractivity contribution in [1.29, 1.82) is 0 Å². The lowest BCUT2D eigenvalue weighted by molar-refractivity contribution is -0.128. The van der Waals surface area contributed by atoms with Crippen LogP contribution in [0.5, 0.6) is 0 Å². The summed E-state index contributed by atoms with van der Waals surface area (Å²) in [6.07, 6.45) is 0. The number of rotatable bonds is 3. The van der Waals surface area contributed by atoms with Crippen LogP contribution >= 0.6 is 11.8 Å². The molecule has 6 heteroatoms. The number of nitrogens with zero attached hydrogens (tertiary/aromatic N) is 1. The summed E-state index contributed by atoms with van der Waals surface area (Å²) in [6, 6.07) is 13.0. The van der Waals surface area contributed by atoms with Gasteiger partial charge in [-0.3, -0.25) is 9.59 Å². The fourth-order valence-electron chi connectivity index (χ4n) is 2.64. The molecule has 0 aromatic heterocycles. The Balaban J connectivity index is 1.92. The average Bonchev–Trinajstić information content (AvgIpc) is 2.58. The van der Waals surface area contributed by atoms with Gasteiger partial charge in [-0.15, -0.1) is 0 Å². The van der Waals surface area contributed by atoms with Gasteiger partial charge in [0.05, 0.1) is 5.69 Å². The van der Waals surface area contributed by atoms with Crippen molar-refractivity contribution in [3.63, 3.8) is 0 Å². The zero-order chi connectivity index (χ0) is 17.3. The number of fused-ring (bicyclic) bond motifs is 1. The molecule has 4 nitrogen and oxygen atoms in total. The number of carbonyl (C=O) groups is 2. The molecule has 0 bridgehead atoms. The molecule has 0 saturated carbocycles. The second-order valence-corrected chi connectivity index (χ2v) is 7.07. The molecule has 1 aliphatic heterocycles. The molecule has 1 N–H and O–H groups in total. The lowest BCUT2D eigenvalue weighted by Crippen LogP contribution is -2.54. The van der Waals surface area contributed by atoms with Crippen LogP contribution in [0, 0.1) is 5.82 Å². The highest BCUT2D eigenvalue weighted by Crippen LogP contribution is 2.45. The molecule has 124 valence electrons. The smallest absolute Gasteiger partial charge is 0.252 e. The molecule has 2 aromatic rings. The largest absolute Gasteiger partial charge is 0.324 e. The Labute approximate surface area is 144 Å². The molecule has 2 amide bonds. The number of para-hydroxylation sites is 1. The normalized spacial score (nSPS) is 19.8. The standard InChI is InChI=1S/C18H17FN2O2S/c1-3-21-14-6-4-5-7-15(14)24-18(2,17(21)23)16(22)20-13-10-8-12(19)9-11-13/h4-11H,3H2,1-2H3,(H,20,22). The third-order valence-corrected chi connectivity index (χ3v) is 5.31. The summed E-state index contributed by atoms with van der Waals surface area (Å²) in [7, 11) is 0. The van der Waals surface area contributed by atoms with E-state index in [0.29, 0.717) is 12.2 Å². The molecule has 1 aliphatic rings. The van der Waals surface area contributed by atoms with Crippen molar-refractivity contribution in [3.05, 3.63) is 54.3 Å². The summed E-state index contributed by atoms with van der Waals surface area (Å²) < 4.78 is 11.7. The number of amides is 2. The maximum Gasteiger partial charge on any atom is 0.252 e. The Bertz CT molecular complexity index is 794. The Hall–Kier alpha value is -2.34. The molecule has 1 unspecified atom stereocenters. The Kier molecular flexibility index (Phi) is 4.32. The van der Waals surface area contributed by atoms with Gasteiger partial charge in [-0.2, -0.15) is 0 Å². The molecule has 1 heterocycles. The van der Waals surface area contributed by atoms with E-state index in [1.165, 1.54) is 36.0 Å². The summed E-state index contributed by atoms with van der Waals surface area (Å²) in [5, 5.41) is 2.71. The van der Waals surface area contributed by atoms with E-state index in [9.17, 15) is 14.0 Å². The van der Waals surface area contributed by atoms with Crippen molar-refractivity contribution < 1.29 is 14.0 Å². The number of thioether (sulfide) groups is 1. The van der Waals surface area contributed by atoms with Gasteiger partial charge in [-0.05, 0) is 50.2 Å². The van der Waals surface area contributed by atoms with Crippen LogP contribution < -0.4 is 10.2 Å². The van der Waals surface area contributed by atoms with Crippen molar-refractivity contribution >= 4 is 35.0 Å². The fraction of sp³-hybridized carbons (Fsp3) is 0.222. The summed E-state index contributed by atoms with van der Waals surface area (Å²) in [5.74, 6) is -1.06. The van der Waals surface area contributed by atoms with Gasteiger partial charge in [-0.25, -0.2) is 4.39 Å². The van der Waals surface area contributed by atoms with Crippen molar-refractivity contribution in [3.8, 4) is 0 Å². The lowest BCUT2D eigenvalue weighted by atomic mass is 10.1. The van der Waals surface area contributed by atoms with Gasteiger partial charge in [-0.1, -0.05) is 23.9 Å². The number of benzene rings is 2. The number of carbonyl (C=O) groups excluding carboxylic acids is 2. The van der Waals surface area contributed by atoms with E-state index in [1.54, 1.807) is 11.8 Å². The minimum atomic E-state index is -1.28. The monoisotopic (exact) mass is 344 g/mol. The van der Waals surface area contributed by atoms with Crippen LogP contribution in [0.25, 0.3) is 0 Å². The van der Waals surface area contributed by atoms with Crippen LogP contribution in [-0.2, 0) is 9.59 Å². The van der Waals surface area contributed by atoms with E-state index >= 15 is 0 Å². The molecular weight excluding hydrogens is 327 g/mol. The zero-order valence-corrected chi connectivity index (χ0v) is 14.2. The number of hydrogen-bond donors (Lipinski definition) is 1. The Morgan fingerprint density at radius 1 is 1.21 bits per heavy atom. The van der Waals surface area contributed by atoms with E-state index in [1.807, 2.05) is 31.2 Å². The first-order valence-corrected chi connectivity index (χ1v) is 8.44. The second-order valence-electron chi connectivity index (χ2n) is 5.61. The fourth-order valence-corrected chi connectivity index (χ4v) is 3.85. The van der Waals surface area contributed by atoms with Crippen LogP contribution in [0.2, 0.25) is 0 Å². The molecule has 0 spiro atoms. The van der Waals surface area contributed by atoms with Crippen LogP contribution in [0.1, 0.15) is 13.8 Å². The predicted molar refractivity (Wildman–Crippen MR) is 93.8 cm³/mol. The quantitative estimate of drug-likeness (QED) is 0.864. The summed E-state index contributed by atoms with van der Waals surface area (Å²) in [6.45, 7) is 3.98. The van der Waals surface area contributed by atoms with Crippen LogP contribution in [-0.4, -0.2) is 23.1 Å². The molecule has 1 atom stereocenters. The van der Waals surface area contributed by atoms with E-state index in [4.69, 9.17) is 0 Å². The minimum Gasteiger partial charge on any atom is -0.324 e. The van der Waals surface area contributed by atoms with Crippen molar-refractivity contribution in [2.75, 3.05) is 16.8 Å². The van der Waals surface area contributed by atoms with Crippen molar-refractivity contribution in [1.82, 2.24) is 0 Å². The average molecular weight is 344 g/mol. The van der Waals surface area contributed by atoms with Gasteiger partial charge in [0.25, 0.3) is 5.91 Å². The SMILES string of the molecule is CCN1C(=O)C(C)(C(=O)Nc2ccc(F)cc2)Sc2ccccc21. The van der Waals surface area contributed by atoms with E-state index < -0.39 is 10.7 Å². The molecule has 0 saturated heterocycles. The van der Waals surface area contributed by atoms with Crippen molar-refractivity contribution in [2.24, 2.45) is 0 Å². The van der Waals surface area contributed by atoms with Crippen molar-refractivity contribution in [2.45, 2.75) is 23.5 Å². The second kappa shape index (κ2) is 6.28. The number of hydrogen-bond acceptors (Lipinski definition) is 3. The first kappa shape index (κ1) is 16.5. The van der Waals surface area contributed by atoms with E-state index in [0.717, 1.165) is 10.6 Å². The van der Waals surface area contributed by atoms with E-state index in [-0.39, 0.29) is 11.7 Å². The summed E-state index contributed by atoms with van der Waals surface area (Å²) >= 11 is 1.24. The highest BCUT2D eigenvalue weighted by molar-refractivity contribution is 8.02. The highest BCUT2D eigenvalue weighted by Gasteiger charge is 2.48. The molecule has 0 aliphatic carbocycles. The molecule has 0 radical (unpaired) electrons. The van der Waals surface area contributed by atoms with Crippen LogP contribution in [0.15, 0.2) is 53.4 Å². The van der Waals surface area contributed by atoms with Crippen LogP contribution in [0.4, 0.5) is 15.8 Å². The molecule has 24 heavy (non-hydrogen) atoms. The Morgan fingerprint density at radius 3 is 2.54 bits per heavy atom. The molecular formula is C18H17FN2O2S. The lowest BCUT2D eigenvalue weighted by Gasteiger charge is -2.38. The van der Waals surface area contributed by atoms with Crippen LogP contribution in [0.3, 0.4) is 0 Å². The molecule has 0 fully saturated rings. The van der Waals surface area contributed by atoms with Gasteiger partial charge in [0.15, 0.2) is 4.75 Å². The molecule has 3 rings (SSSR count). The van der Waals surface area contributed by atoms with Gasteiger partial charge >= 0.3 is 0 Å². The third-order valence-electron chi connectivity index (χ3n) is 3.98. The predicted octanol–water partition coefficient (Wildman–Crippen LogP) is 3.68. The summed E-state index contributed by atoms with van der Waals surface area (Å²) in [5.41, 5.74) is 1.28. The van der Waals surface area contributed by atoms with Gasteiger partial charge in [0.2, 0.25) is 5.91 Å². The topological polar surface area (TPSA) is 49.4 Å². The van der Waals surface area contributed by atoms with Gasteiger partial charge in [0.1, 0.15) is 5.82 Å². The summed E-state index contributed by atoms with van der Waals surface area (Å²) in [4.78, 5) is 28.2. The maximum atomic E-state index is 13.0. The number of halogens is 1.